The number of amides is 1. The van der Waals surface area contributed by atoms with E-state index in [1.54, 1.807) is 18.2 Å². The van der Waals surface area contributed by atoms with Gasteiger partial charge in [-0.3, -0.25) is 4.79 Å². The van der Waals surface area contributed by atoms with Gasteiger partial charge in [0.15, 0.2) is 0 Å². The second kappa shape index (κ2) is 8.94. The number of methoxy groups -OCH3 is 3. The van der Waals surface area contributed by atoms with E-state index in [0.717, 1.165) is 0 Å². The number of ether oxygens (including phenoxy) is 3. The van der Waals surface area contributed by atoms with E-state index in [1.807, 2.05) is 0 Å². The fourth-order valence-corrected chi connectivity index (χ4v) is 3.82. The second-order valence-corrected chi connectivity index (χ2v) is 8.03. The Balaban J connectivity index is 2.38. The molecule has 0 aliphatic rings. The molecule has 0 saturated carbocycles. The van der Waals surface area contributed by atoms with Gasteiger partial charge in [0.05, 0.1) is 31.9 Å². The third-order valence-corrected chi connectivity index (χ3v) is 5.87. The molecule has 0 bridgehead atoms. The summed E-state index contributed by atoms with van der Waals surface area (Å²) in [4.78, 5) is 11.4. The summed E-state index contributed by atoms with van der Waals surface area (Å²) in [5, 5.41) is 2.58. The van der Waals surface area contributed by atoms with Crippen LogP contribution in [0.25, 0.3) is 0 Å². The van der Waals surface area contributed by atoms with Gasteiger partial charge in [-0.25, -0.2) is 8.42 Å². The normalized spacial score (nSPS) is 11.2. The molecule has 152 valence electrons. The van der Waals surface area contributed by atoms with Crippen LogP contribution < -0.4 is 19.5 Å². The van der Waals surface area contributed by atoms with Gasteiger partial charge in [0.25, 0.3) is 0 Å². The van der Waals surface area contributed by atoms with Crippen molar-refractivity contribution in [2.45, 2.75) is 18.4 Å². The van der Waals surface area contributed by atoms with Gasteiger partial charge in [-0.05, 0) is 36.4 Å². The van der Waals surface area contributed by atoms with E-state index in [0.29, 0.717) is 22.8 Å². The summed E-state index contributed by atoms with van der Waals surface area (Å²) in [5.74, 6) is 1.18. The minimum atomic E-state index is -3.83. The summed E-state index contributed by atoms with van der Waals surface area (Å²) in [6, 6.07) is 9.48. The molecular weight excluding hydrogens is 384 g/mol. The van der Waals surface area contributed by atoms with Crippen molar-refractivity contribution in [3.05, 3.63) is 42.0 Å². The maximum Gasteiger partial charge on any atom is 0.243 e. The molecule has 0 heterocycles. The highest BCUT2D eigenvalue weighted by Gasteiger charge is 2.24. The molecule has 0 atom stereocenters. The Labute approximate surface area is 165 Å². The van der Waals surface area contributed by atoms with Crippen molar-refractivity contribution in [3.8, 4) is 17.2 Å². The van der Waals surface area contributed by atoms with Crippen LogP contribution in [0.1, 0.15) is 12.5 Å². The number of benzene rings is 2. The largest absolute Gasteiger partial charge is 0.497 e. The summed E-state index contributed by atoms with van der Waals surface area (Å²) < 4.78 is 43.0. The third kappa shape index (κ3) is 4.73. The molecule has 1 amide bonds. The van der Waals surface area contributed by atoms with Gasteiger partial charge < -0.3 is 19.5 Å². The van der Waals surface area contributed by atoms with Gasteiger partial charge in [0.2, 0.25) is 15.9 Å². The second-order valence-electron chi connectivity index (χ2n) is 5.98. The van der Waals surface area contributed by atoms with Crippen molar-refractivity contribution in [1.82, 2.24) is 4.31 Å². The Hall–Kier alpha value is -2.78. The van der Waals surface area contributed by atoms with Gasteiger partial charge in [-0.1, -0.05) is 0 Å². The van der Waals surface area contributed by atoms with E-state index >= 15 is 0 Å². The monoisotopic (exact) mass is 408 g/mol. The topological polar surface area (TPSA) is 94.2 Å². The summed E-state index contributed by atoms with van der Waals surface area (Å²) in [6.07, 6.45) is 0. The molecule has 0 saturated heterocycles. The van der Waals surface area contributed by atoms with Gasteiger partial charge in [-0.2, -0.15) is 4.31 Å². The van der Waals surface area contributed by atoms with Crippen LogP contribution in [0.15, 0.2) is 41.3 Å². The fraction of sp³-hybridized carbons (Fsp3) is 0.316. The number of nitrogens with one attached hydrogen (secondary N) is 1. The molecular formula is C19H24N2O6S. The minimum Gasteiger partial charge on any atom is -0.497 e. The first-order valence-electron chi connectivity index (χ1n) is 8.35. The zero-order valence-electron chi connectivity index (χ0n) is 16.5. The predicted molar refractivity (Wildman–Crippen MR) is 105 cm³/mol. The van der Waals surface area contributed by atoms with Crippen molar-refractivity contribution >= 4 is 21.6 Å². The highest BCUT2D eigenvalue weighted by atomic mass is 32.2. The van der Waals surface area contributed by atoms with Crippen molar-refractivity contribution in [3.63, 3.8) is 0 Å². The number of carbonyl (C=O) groups excluding carboxylic acids is 1. The zero-order chi connectivity index (χ0) is 20.9. The summed E-state index contributed by atoms with van der Waals surface area (Å²) >= 11 is 0. The highest BCUT2D eigenvalue weighted by Crippen LogP contribution is 2.30. The summed E-state index contributed by atoms with van der Waals surface area (Å²) in [7, 11) is 2.13. The van der Waals surface area contributed by atoms with E-state index in [9.17, 15) is 13.2 Å². The lowest BCUT2D eigenvalue weighted by Crippen LogP contribution is -2.27. The lowest BCUT2D eigenvalue weighted by Gasteiger charge is -2.20. The van der Waals surface area contributed by atoms with Crippen molar-refractivity contribution in [2.75, 3.05) is 33.7 Å². The first-order valence-corrected chi connectivity index (χ1v) is 9.79. The van der Waals surface area contributed by atoms with Crippen LogP contribution >= 0.6 is 0 Å². The molecule has 0 fully saturated rings. The number of hydrogen-bond acceptors (Lipinski definition) is 6. The van der Waals surface area contributed by atoms with Crippen molar-refractivity contribution < 1.29 is 27.4 Å². The summed E-state index contributed by atoms with van der Waals surface area (Å²) in [5.41, 5.74) is 0.937. The predicted octanol–water partition coefficient (Wildman–Crippen LogP) is 2.49. The molecule has 9 heteroatoms. The van der Waals surface area contributed by atoms with Crippen LogP contribution in [0, 0.1) is 0 Å². The first-order chi connectivity index (χ1) is 13.2. The Kier molecular flexibility index (Phi) is 6.87. The zero-order valence-corrected chi connectivity index (χ0v) is 17.3. The molecule has 0 aromatic heterocycles. The number of rotatable bonds is 8. The number of sulfonamides is 1. The molecule has 1 N–H and O–H groups in total. The average Bonchev–Trinajstić information content (AvgIpc) is 2.67. The van der Waals surface area contributed by atoms with Crippen LogP contribution in [-0.2, 0) is 21.4 Å². The summed E-state index contributed by atoms with van der Waals surface area (Å²) in [6.45, 7) is 1.41. The maximum atomic E-state index is 13.0. The molecule has 2 aromatic rings. The van der Waals surface area contributed by atoms with Gasteiger partial charge in [0.1, 0.15) is 17.2 Å². The first kappa shape index (κ1) is 21.5. The Bertz CT molecular complexity index is 959. The molecule has 0 aliphatic carbocycles. The Morgan fingerprint density at radius 1 is 1.00 bits per heavy atom. The SMILES string of the molecule is COc1ccc(OC)c(CN(C)S(=O)(=O)c2ccc(OC)c(NC(C)=O)c2)c1. The van der Waals surface area contributed by atoms with Crippen LogP contribution in [-0.4, -0.2) is 47.0 Å². The number of nitrogens with zero attached hydrogens (tertiary/aromatic N) is 1. The lowest BCUT2D eigenvalue weighted by atomic mass is 10.2. The lowest BCUT2D eigenvalue weighted by molar-refractivity contribution is -0.114. The van der Waals surface area contributed by atoms with E-state index in [-0.39, 0.29) is 23.0 Å². The van der Waals surface area contributed by atoms with E-state index in [2.05, 4.69) is 5.32 Å². The van der Waals surface area contributed by atoms with E-state index < -0.39 is 10.0 Å². The Morgan fingerprint density at radius 3 is 2.21 bits per heavy atom. The van der Waals surface area contributed by atoms with E-state index in [1.165, 1.54) is 57.8 Å². The van der Waals surface area contributed by atoms with Crippen LogP contribution in [0.3, 0.4) is 0 Å². The standard InChI is InChI=1S/C19H24N2O6S/c1-13(22)20-17-11-16(7-9-19(17)27-5)28(23,24)21(2)12-14-10-15(25-3)6-8-18(14)26-4/h6-11H,12H2,1-5H3,(H,20,22). The molecule has 0 radical (unpaired) electrons. The van der Waals surface area contributed by atoms with Gasteiger partial charge >= 0.3 is 0 Å². The molecule has 8 nitrogen and oxygen atoms in total. The van der Waals surface area contributed by atoms with Crippen LogP contribution in [0.2, 0.25) is 0 Å². The average molecular weight is 408 g/mol. The highest BCUT2D eigenvalue weighted by molar-refractivity contribution is 7.89. The molecule has 2 aromatic carbocycles. The minimum absolute atomic E-state index is 0.0291. The number of carbonyl (C=O) groups is 1. The quantitative estimate of drug-likeness (QED) is 0.721. The molecule has 0 spiro atoms. The molecule has 2 rings (SSSR count). The van der Waals surface area contributed by atoms with Gasteiger partial charge in [-0.15, -0.1) is 0 Å². The van der Waals surface area contributed by atoms with E-state index in [4.69, 9.17) is 14.2 Å². The fourth-order valence-electron chi connectivity index (χ4n) is 2.65. The van der Waals surface area contributed by atoms with Crippen molar-refractivity contribution in [1.29, 1.82) is 0 Å². The smallest absolute Gasteiger partial charge is 0.243 e. The van der Waals surface area contributed by atoms with Crippen molar-refractivity contribution in [2.24, 2.45) is 0 Å². The van der Waals surface area contributed by atoms with Gasteiger partial charge in [0, 0.05) is 26.1 Å². The molecule has 0 aliphatic heterocycles. The third-order valence-electron chi connectivity index (χ3n) is 4.07. The van der Waals surface area contributed by atoms with Crippen LogP contribution in [0.5, 0.6) is 17.2 Å². The molecule has 28 heavy (non-hydrogen) atoms. The number of anilines is 1. The molecule has 0 unspecified atom stereocenters. The number of hydrogen-bond donors (Lipinski definition) is 1. The maximum absolute atomic E-state index is 13.0. The Morgan fingerprint density at radius 2 is 1.64 bits per heavy atom. The van der Waals surface area contributed by atoms with Crippen LogP contribution in [0.4, 0.5) is 5.69 Å².